The lowest BCUT2D eigenvalue weighted by Gasteiger charge is -2.17. The Morgan fingerprint density at radius 3 is 2.72 bits per heavy atom. The second-order valence-corrected chi connectivity index (χ2v) is 7.84. The van der Waals surface area contributed by atoms with E-state index in [1.54, 1.807) is 6.07 Å². The Hall–Kier alpha value is -2.47. The summed E-state index contributed by atoms with van der Waals surface area (Å²) in [4.78, 5) is 20.9. The number of Topliss-reactive ketones (excluding diaryl/α,β-unsaturated/α-hetero) is 1. The number of ketones is 1. The standard InChI is InChI=1S/C23H24F2N2O2/c24-23(25)22-21-12-26-19(8-17(21)11-27-22)10-20(28)9-18(14-29-13-15-6-7-15)16-4-2-1-3-5-16/h1-5,8,12,15,18,23H,6-7,9-11,13-14H2/t18-/m1/s1. The molecule has 0 bridgehead atoms. The predicted octanol–water partition coefficient (Wildman–Crippen LogP) is 4.36. The Labute approximate surface area is 169 Å². The number of rotatable bonds is 10. The third kappa shape index (κ3) is 5.12. The Bertz CT molecular complexity index is 895. The van der Waals surface area contributed by atoms with E-state index in [0.717, 1.165) is 12.2 Å². The van der Waals surface area contributed by atoms with Crippen LogP contribution in [0.1, 0.15) is 47.6 Å². The first-order chi connectivity index (χ1) is 14.1. The molecule has 0 N–H and O–H groups in total. The maximum absolute atomic E-state index is 13.0. The van der Waals surface area contributed by atoms with Gasteiger partial charge in [0.2, 0.25) is 0 Å². The third-order valence-electron chi connectivity index (χ3n) is 5.44. The first-order valence-electron chi connectivity index (χ1n) is 10.0. The summed E-state index contributed by atoms with van der Waals surface area (Å²) in [5.41, 5.74) is 2.60. The molecule has 2 aliphatic rings. The van der Waals surface area contributed by atoms with Crippen LogP contribution >= 0.6 is 0 Å². The topological polar surface area (TPSA) is 51.5 Å². The maximum Gasteiger partial charge on any atom is 0.280 e. The van der Waals surface area contributed by atoms with E-state index in [1.165, 1.54) is 19.0 Å². The molecule has 29 heavy (non-hydrogen) atoms. The van der Waals surface area contributed by atoms with Crippen LogP contribution < -0.4 is 0 Å². The summed E-state index contributed by atoms with van der Waals surface area (Å²) in [5.74, 6) is 0.748. The summed E-state index contributed by atoms with van der Waals surface area (Å²) in [6, 6.07) is 11.7. The van der Waals surface area contributed by atoms with Crippen molar-refractivity contribution in [2.75, 3.05) is 13.2 Å². The molecule has 6 heteroatoms. The molecule has 0 radical (unpaired) electrons. The van der Waals surface area contributed by atoms with Crippen LogP contribution in [-0.2, 0) is 22.5 Å². The van der Waals surface area contributed by atoms with Gasteiger partial charge in [0.25, 0.3) is 6.43 Å². The van der Waals surface area contributed by atoms with Crippen LogP contribution in [0.4, 0.5) is 8.78 Å². The average molecular weight is 398 g/mol. The van der Waals surface area contributed by atoms with Crippen LogP contribution in [0.3, 0.4) is 0 Å². The number of alkyl halides is 2. The van der Waals surface area contributed by atoms with Crippen molar-refractivity contribution in [3.05, 3.63) is 65.0 Å². The van der Waals surface area contributed by atoms with Crippen molar-refractivity contribution in [3.63, 3.8) is 0 Å². The molecule has 1 saturated carbocycles. The minimum absolute atomic E-state index is 0.00523. The summed E-state index contributed by atoms with van der Waals surface area (Å²) < 4.78 is 31.8. The molecule has 2 heterocycles. The van der Waals surface area contributed by atoms with Crippen LogP contribution in [0.5, 0.6) is 0 Å². The van der Waals surface area contributed by atoms with E-state index in [9.17, 15) is 13.6 Å². The fourth-order valence-corrected chi connectivity index (χ4v) is 3.66. The molecule has 152 valence electrons. The van der Waals surface area contributed by atoms with Gasteiger partial charge in [-0.2, -0.15) is 0 Å². The fourth-order valence-electron chi connectivity index (χ4n) is 3.66. The third-order valence-corrected chi connectivity index (χ3v) is 5.44. The zero-order chi connectivity index (χ0) is 20.2. The molecule has 4 nitrogen and oxygen atoms in total. The van der Waals surface area contributed by atoms with Crippen LogP contribution in [0.15, 0.2) is 47.6 Å². The van der Waals surface area contributed by atoms with Crippen molar-refractivity contribution < 1.29 is 18.3 Å². The Morgan fingerprint density at radius 1 is 1.21 bits per heavy atom. The van der Waals surface area contributed by atoms with Crippen LogP contribution in [0.2, 0.25) is 0 Å². The van der Waals surface area contributed by atoms with Gasteiger partial charge in [-0.05, 0) is 36.0 Å². The molecule has 0 spiro atoms. The van der Waals surface area contributed by atoms with Crippen LogP contribution in [-0.4, -0.2) is 36.1 Å². The average Bonchev–Trinajstić information content (AvgIpc) is 3.44. The van der Waals surface area contributed by atoms with Gasteiger partial charge in [0, 0.05) is 42.8 Å². The van der Waals surface area contributed by atoms with E-state index in [-0.39, 0.29) is 30.4 Å². The van der Waals surface area contributed by atoms with Crippen LogP contribution in [0.25, 0.3) is 0 Å². The molecule has 0 saturated heterocycles. The van der Waals surface area contributed by atoms with Crippen molar-refractivity contribution in [2.45, 2.75) is 44.6 Å². The van der Waals surface area contributed by atoms with Gasteiger partial charge >= 0.3 is 0 Å². The fraction of sp³-hybridized carbons (Fsp3) is 0.435. The van der Waals surface area contributed by atoms with Gasteiger partial charge in [0.15, 0.2) is 0 Å². The second-order valence-electron chi connectivity index (χ2n) is 7.84. The van der Waals surface area contributed by atoms with Crippen LogP contribution in [0, 0.1) is 5.92 Å². The van der Waals surface area contributed by atoms with Gasteiger partial charge in [-0.3, -0.25) is 14.8 Å². The highest BCUT2D eigenvalue weighted by molar-refractivity contribution is 6.05. The number of aromatic nitrogens is 1. The quantitative estimate of drug-likeness (QED) is 0.597. The number of fused-ring (bicyclic) bond motifs is 1. The summed E-state index contributed by atoms with van der Waals surface area (Å²) in [5, 5.41) is 0. The Balaban J connectivity index is 1.39. The molecule has 1 aromatic carbocycles. The largest absolute Gasteiger partial charge is 0.381 e. The molecule has 0 amide bonds. The van der Waals surface area contributed by atoms with Gasteiger partial charge in [0.05, 0.1) is 13.2 Å². The molecule has 2 aromatic rings. The first kappa shape index (κ1) is 19.8. The number of carbonyl (C=O) groups is 1. The Kier molecular flexibility index (Phi) is 6.09. The first-order valence-corrected chi connectivity index (χ1v) is 10.0. The predicted molar refractivity (Wildman–Crippen MR) is 107 cm³/mol. The molecule has 1 fully saturated rings. The molecular formula is C23H24F2N2O2. The zero-order valence-corrected chi connectivity index (χ0v) is 16.2. The minimum Gasteiger partial charge on any atom is -0.381 e. The lowest BCUT2D eigenvalue weighted by atomic mass is 9.93. The van der Waals surface area contributed by atoms with E-state index in [1.807, 2.05) is 30.3 Å². The second kappa shape index (κ2) is 8.91. The lowest BCUT2D eigenvalue weighted by Crippen LogP contribution is -2.16. The highest BCUT2D eigenvalue weighted by Gasteiger charge is 2.25. The summed E-state index contributed by atoms with van der Waals surface area (Å²) >= 11 is 0. The maximum atomic E-state index is 13.0. The van der Waals surface area contributed by atoms with Crippen molar-refractivity contribution in [1.29, 1.82) is 0 Å². The Morgan fingerprint density at radius 2 is 2.00 bits per heavy atom. The SMILES string of the molecule is O=C(Cc1cc2c(cn1)C(C(F)F)=NC2)C[C@H](COCC1CC1)c1ccccc1. The number of benzene rings is 1. The van der Waals surface area contributed by atoms with Crippen molar-refractivity contribution in [3.8, 4) is 0 Å². The molecule has 1 aliphatic heterocycles. The molecule has 1 atom stereocenters. The molecule has 1 aromatic heterocycles. The van der Waals surface area contributed by atoms with Gasteiger partial charge < -0.3 is 4.74 Å². The number of carbonyl (C=O) groups excluding carboxylic acids is 1. The van der Waals surface area contributed by atoms with E-state index in [4.69, 9.17) is 4.74 Å². The van der Waals surface area contributed by atoms with Gasteiger partial charge in [0.1, 0.15) is 11.5 Å². The summed E-state index contributed by atoms with van der Waals surface area (Å²) in [6.45, 7) is 1.51. The van der Waals surface area contributed by atoms with E-state index in [0.29, 0.717) is 35.8 Å². The van der Waals surface area contributed by atoms with E-state index < -0.39 is 6.43 Å². The number of hydrogen-bond acceptors (Lipinski definition) is 4. The summed E-state index contributed by atoms with van der Waals surface area (Å²) in [7, 11) is 0. The molecular weight excluding hydrogens is 374 g/mol. The van der Waals surface area contributed by atoms with Gasteiger partial charge in [-0.25, -0.2) is 8.78 Å². The number of hydrogen-bond donors (Lipinski definition) is 0. The highest BCUT2D eigenvalue weighted by Crippen LogP contribution is 2.30. The van der Waals surface area contributed by atoms with Gasteiger partial charge in [-0.15, -0.1) is 0 Å². The minimum atomic E-state index is -2.60. The normalized spacial score (nSPS) is 16.6. The molecule has 0 unspecified atom stereocenters. The lowest BCUT2D eigenvalue weighted by molar-refractivity contribution is -0.119. The number of nitrogens with zero attached hydrogens (tertiary/aromatic N) is 2. The van der Waals surface area contributed by atoms with Crippen molar-refractivity contribution >= 4 is 11.5 Å². The molecule has 4 rings (SSSR count). The number of pyridine rings is 1. The number of ether oxygens (including phenoxy) is 1. The highest BCUT2D eigenvalue weighted by atomic mass is 19.3. The van der Waals surface area contributed by atoms with Crippen molar-refractivity contribution in [1.82, 2.24) is 4.98 Å². The molecule has 1 aliphatic carbocycles. The summed E-state index contributed by atoms with van der Waals surface area (Å²) in [6.07, 6.45) is 1.83. The van der Waals surface area contributed by atoms with E-state index >= 15 is 0 Å². The number of halogens is 2. The van der Waals surface area contributed by atoms with Gasteiger partial charge in [-0.1, -0.05) is 30.3 Å². The smallest absolute Gasteiger partial charge is 0.280 e. The monoisotopic (exact) mass is 398 g/mol. The number of aliphatic imine (C=N–C) groups is 1. The zero-order valence-electron chi connectivity index (χ0n) is 16.2. The van der Waals surface area contributed by atoms with Crippen molar-refractivity contribution in [2.24, 2.45) is 10.9 Å². The van der Waals surface area contributed by atoms with E-state index in [2.05, 4.69) is 9.98 Å².